The van der Waals surface area contributed by atoms with E-state index in [1.807, 2.05) is 0 Å². The molecule has 0 aromatic heterocycles. The monoisotopic (exact) mass is 311 g/mol. The lowest BCUT2D eigenvalue weighted by molar-refractivity contribution is 0.0413. The third-order valence-electron chi connectivity index (χ3n) is 3.11. The Bertz CT molecular complexity index is 215. The SMILES string of the molecule is OC[C@@H](O)[C@@H](CO)NCCNCCN[C@H](CO)[C@H](O)CO. The first-order chi connectivity index (χ1) is 10.1. The van der Waals surface area contributed by atoms with E-state index < -0.39 is 37.5 Å². The molecule has 21 heavy (non-hydrogen) atoms. The van der Waals surface area contributed by atoms with Crippen molar-refractivity contribution in [1.29, 1.82) is 0 Å². The number of nitrogens with one attached hydrogen (secondary N) is 3. The Kier molecular flexibility index (Phi) is 13.1. The fraction of sp³-hybridized carbons (Fsp3) is 1.00. The molecule has 0 aliphatic carbocycles. The molecular weight excluding hydrogens is 282 g/mol. The molecule has 0 amide bonds. The van der Waals surface area contributed by atoms with Crippen LogP contribution in [0.2, 0.25) is 0 Å². The predicted octanol–water partition coefficient (Wildman–Crippen LogP) is -4.82. The fourth-order valence-corrected chi connectivity index (χ4v) is 1.72. The van der Waals surface area contributed by atoms with E-state index in [-0.39, 0.29) is 13.2 Å². The highest BCUT2D eigenvalue weighted by molar-refractivity contribution is 4.75. The van der Waals surface area contributed by atoms with Crippen molar-refractivity contribution in [2.45, 2.75) is 24.3 Å². The number of aliphatic hydroxyl groups excluding tert-OH is 6. The summed E-state index contributed by atoms with van der Waals surface area (Å²) in [5, 5.41) is 63.1. The maximum atomic E-state index is 9.35. The molecule has 0 rings (SSSR count). The van der Waals surface area contributed by atoms with Crippen molar-refractivity contribution in [3.8, 4) is 0 Å². The number of hydrogen-bond donors (Lipinski definition) is 9. The standard InChI is InChI=1S/C12H29N3O6/c16-5-9(11(20)7-18)14-3-1-13-2-4-15-10(6-17)12(21)8-19/h9-21H,1-8H2/t9-,10-,11-,12-/m1/s1. The van der Waals surface area contributed by atoms with Crippen LogP contribution < -0.4 is 16.0 Å². The van der Waals surface area contributed by atoms with Crippen LogP contribution in [0.1, 0.15) is 0 Å². The summed E-state index contributed by atoms with van der Waals surface area (Å²) in [6, 6.07) is -1.12. The summed E-state index contributed by atoms with van der Waals surface area (Å²) in [5.74, 6) is 0. The van der Waals surface area contributed by atoms with Crippen LogP contribution in [0.15, 0.2) is 0 Å². The Morgan fingerprint density at radius 3 is 1.24 bits per heavy atom. The van der Waals surface area contributed by atoms with Crippen molar-refractivity contribution in [1.82, 2.24) is 16.0 Å². The van der Waals surface area contributed by atoms with Crippen molar-refractivity contribution < 1.29 is 30.6 Å². The first-order valence-corrected chi connectivity index (χ1v) is 7.07. The summed E-state index contributed by atoms with van der Waals surface area (Å²) in [4.78, 5) is 0. The zero-order valence-electron chi connectivity index (χ0n) is 12.1. The summed E-state index contributed by atoms with van der Waals surface area (Å²) in [5.41, 5.74) is 0. The maximum Gasteiger partial charge on any atom is 0.0945 e. The Hall–Kier alpha value is -0.360. The van der Waals surface area contributed by atoms with Gasteiger partial charge >= 0.3 is 0 Å². The minimum Gasteiger partial charge on any atom is -0.395 e. The summed E-state index contributed by atoms with van der Waals surface area (Å²) in [7, 11) is 0. The topological polar surface area (TPSA) is 157 Å². The van der Waals surface area contributed by atoms with Gasteiger partial charge in [-0.25, -0.2) is 0 Å². The van der Waals surface area contributed by atoms with E-state index in [0.29, 0.717) is 26.2 Å². The average Bonchev–Trinajstić information content (AvgIpc) is 2.52. The zero-order chi connectivity index (χ0) is 16.1. The van der Waals surface area contributed by atoms with Gasteiger partial charge in [0.25, 0.3) is 0 Å². The second kappa shape index (κ2) is 13.3. The van der Waals surface area contributed by atoms with Crippen molar-refractivity contribution in [3.05, 3.63) is 0 Å². The lowest BCUT2D eigenvalue weighted by Gasteiger charge is -2.21. The van der Waals surface area contributed by atoms with Gasteiger partial charge in [-0.3, -0.25) is 0 Å². The van der Waals surface area contributed by atoms with Gasteiger partial charge in [0.1, 0.15) is 0 Å². The molecule has 0 unspecified atom stereocenters. The molecule has 0 bridgehead atoms. The quantitative estimate of drug-likeness (QED) is 0.144. The molecule has 9 N–H and O–H groups in total. The molecule has 0 fully saturated rings. The number of rotatable bonds is 14. The second-order valence-corrected chi connectivity index (χ2v) is 4.74. The second-order valence-electron chi connectivity index (χ2n) is 4.74. The van der Waals surface area contributed by atoms with Gasteiger partial charge in [0, 0.05) is 26.2 Å². The molecule has 0 spiro atoms. The molecule has 0 aromatic carbocycles. The van der Waals surface area contributed by atoms with Gasteiger partial charge in [0.05, 0.1) is 50.7 Å². The highest BCUT2D eigenvalue weighted by atomic mass is 16.3. The minimum atomic E-state index is -0.998. The highest BCUT2D eigenvalue weighted by Gasteiger charge is 2.17. The molecule has 128 valence electrons. The summed E-state index contributed by atoms with van der Waals surface area (Å²) < 4.78 is 0. The van der Waals surface area contributed by atoms with Gasteiger partial charge in [0.15, 0.2) is 0 Å². The first kappa shape index (κ1) is 20.6. The Morgan fingerprint density at radius 2 is 0.952 bits per heavy atom. The lowest BCUT2D eigenvalue weighted by Crippen LogP contribution is -2.48. The fourth-order valence-electron chi connectivity index (χ4n) is 1.72. The van der Waals surface area contributed by atoms with E-state index in [2.05, 4.69) is 16.0 Å². The van der Waals surface area contributed by atoms with Crippen LogP contribution in [0.3, 0.4) is 0 Å². The van der Waals surface area contributed by atoms with Crippen molar-refractivity contribution in [2.24, 2.45) is 0 Å². The largest absolute Gasteiger partial charge is 0.395 e. The highest BCUT2D eigenvalue weighted by Crippen LogP contribution is 1.91. The molecule has 0 aliphatic heterocycles. The third-order valence-corrected chi connectivity index (χ3v) is 3.11. The molecular formula is C12H29N3O6. The van der Waals surface area contributed by atoms with Crippen molar-refractivity contribution in [3.63, 3.8) is 0 Å². The van der Waals surface area contributed by atoms with Crippen molar-refractivity contribution >= 4 is 0 Å². The normalized spacial score (nSPS) is 17.4. The molecule has 0 saturated heterocycles. The molecule has 0 saturated carbocycles. The molecule has 4 atom stereocenters. The Labute approximate surface area is 124 Å². The van der Waals surface area contributed by atoms with Crippen LogP contribution in [0, 0.1) is 0 Å². The molecule has 0 aliphatic rings. The molecule has 9 heteroatoms. The van der Waals surface area contributed by atoms with Gasteiger partial charge in [-0.2, -0.15) is 0 Å². The molecule has 0 radical (unpaired) electrons. The smallest absolute Gasteiger partial charge is 0.0945 e. The Morgan fingerprint density at radius 1 is 0.571 bits per heavy atom. The zero-order valence-corrected chi connectivity index (χ0v) is 12.1. The van der Waals surface area contributed by atoms with Gasteiger partial charge in [-0.1, -0.05) is 0 Å². The van der Waals surface area contributed by atoms with Crippen molar-refractivity contribution in [2.75, 3.05) is 52.6 Å². The lowest BCUT2D eigenvalue weighted by atomic mass is 10.2. The number of aliphatic hydroxyl groups is 6. The van der Waals surface area contributed by atoms with Crippen LogP contribution >= 0.6 is 0 Å². The molecule has 9 nitrogen and oxygen atoms in total. The summed E-state index contributed by atoms with van der Waals surface area (Å²) in [6.07, 6.45) is -2.00. The van der Waals surface area contributed by atoms with Crippen LogP contribution in [0.25, 0.3) is 0 Å². The number of hydrogen-bond acceptors (Lipinski definition) is 9. The first-order valence-electron chi connectivity index (χ1n) is 7.07. The minimum absolute atomic E-state index is 0.263. The van der Waals surface area contributed by atoms with Gasteiger partial charge in [-0.05, 0) is 0 Å². The van der Waals surface area contributed by atoms with E-state index in [0.717, 1.165) is 0 Å². The van der Waals surface area contributed by atoms with E-state index in [1.165, 1.54) is 0 Å². The van der Waals surface area contributed by atoms with Gasteiger partial charge < -0.3 is 46.6 Å². The van der Waals surface area contributed by atoms with E-state index >= 15 is 0 Å². The van der Waals surface area contributed by atoms with Gasteiger partial charge in [-0.15, -0.1) is 0 Å². The summed E-state index contributed by atoms with van der Waals surface area (Å²) >= 11 is 0. The van der Waals surface area contributed by atoms with Crippen LogP contribution in [-0.4, -0.2) is 108 Å². The predicted molar refractivity (Wildman–Crippen MR) is 76.8 cm³/mol. The Balaban J connectivity index is 3.59. The van der Waals surface area contributed by atoms with Gasteiger partial charge in [0.2, 0.25) is 0 Å². The van der Waals surface area contributed by atoms with Crippen LogP contribution in [0.4, 0.5) is 0 Å². The van der Waals surface area contributed by atoms with E-state index in [9.17, 15) is 10.2 Å². The van der Waals surface area contributed by atoms with E-state index in [4.69, 9.17) is 20.4 Å². The van der Waals surface area contributed by atoms with Crippen LogP contribution in [-0.2, 0) is 0 Å². The maximum absolute atomic E-state index is 9.35. The third kappa shape index (κ3) is 9.30. The molecule has 0 aromatic rings. The molecule has 0 heterocycles. The van der Waals surface area contributed by atoms with Crippen LogP contribution in [0.5, 0.6) is 0 Å². The summed E-state index contributed by atoms with van der Waals surface area (Å²) in [6.45, 7) is 0.832. The van der Waals surface area contributed by atoms with E-state index in [1.54, 1.807) is 0 Å². The average molecular weight is 311 g/mol.